The first-order chi connectivity index (χ1) is 10.9. The molecule has 0 saturated carbocycles. The van der Waals surface area contributed by atoms with Gasteiger partial charge in [0.1, 0.15) is 11.6 Å². The lowest BCUT2D eigenvalue weighted by atomic mass is 9.90. The van der Waals surface area contributed by atoms with E-state index in [-0.39, 0.29) is 28.6 Å². The number of carbonyl (C=O) groups is 1. The van der Waals surface area contributed by atoms with Crippen molar-refractivity contribution in [1.82, 2.24) is 0 Å². The van der Waals surface area contributed by atoms with Crippen molar-refractivity contribution >= 4 is 23.2 Å². The Morgan fingerprint density at radius 3 is 2.39 bits per heavy atom. The molecular weight excluding hydrogens is 320 g/mol. The summed E-state index contributed by atoms with van der Waals surface area (Å²) in [6.07, 6.45) is 0.617. The largest absolute Gasteiger partial charge is 0.326 e. The summed E-state index contributed by atoms with van der Waals surface area (Å²) in [7, 11) is 0. The molecule has 23 heavy (non-hydrogen) atoms. The van der Waals surface area contributed by atoms with Crippen LogP contribution in [0.25, 0.3) is 0 Å². The van der Waals surface area contributed by atoms with Crippen molar-refractivity contribution in [2.45, 2.75) is 26.2 Å². The van der Waals surface area contributed by atoms with Gasteiger partial charge in [-0.2, -0.15) is 0 Å². The van der Waals surface area contributed by atoms with E-state index < -0.39 is 5.82 Å². The van der Waals surface area contributed by atoms with Crippen molar-refractivity contribution in [1.29, 1.82) is 0 Å². The van der Waals surface area contributed by atoms with E-state index in [1.54, 1.807) is 12.1 Å². The van der Waals surface area contributed by atoms with E-state index in [1.807, 2.05) is 13.8 Å². The van der Waals surface area contributed by atoms with Crippen LogP contribution in [0, 0.1) is 17.6 Å². The van der Waals surface area contributed by atoms with Gasteiger partial charge in [-0.25, -0.2) is 8.78 Å². The van der Waals surface area contributed by atoms with Crippen LogP contribution in [0.15, 0.2) is 42.5 Å². The molecule has 2 atom stereocenters. The zero-order chi connectivity index (χ0) is 17.0. The number of hydrogen-bond acceptors (Lipinski definition) is 1. The molecule has 0 aliphatic carbocycles. The van der Waals surface area contributed by atoms with Crippen molar-refractivity contribution < 1.29 is 13.6 Å². The van der Waals surface area contributed by atoms with Crippen molar-refractivity contribution in [3.63, 3.8) is 0 Å². The Balaban J connectivity index is 1.96. The van der Waals surface area contributed by atoms with E-state index in [0.717, 1.165) is 5.56 Å². The molecule has 0 saturated heterocycles. The Kier molecular flexibility index (Phi) is 5.72. The summed E-state index contributed by atoms with van der Waals surface area (Å²) in [5.41, 5.74) is 1.44. The van der Waals surface area contributed by atoms with E-state index in [2.05, 4.69) is 5.32 Å². The van der Waals surface area contributed by atoms with Gasteiger partial charge in [-0.05, 0) is 48.2 Å². The molecule has 2 unspecified atom stereocenters. The minimum atomic E-state index is -0.525. The zero-order valence-corrected chi connectivity index (χ0v) is 13.7. The summed E-state index contributed by atoms with van der Waals surface area (Å²) in [6, 6.07) is 10.3. The Morgan fingerprint density at radius 2 is 1.78 bits per heavy atom. The summed E-state index contributed by atoms with van der Waals surface area (Å²) in [5, 5.41) is 2.69. The molecule has 0 bridgehead atoms. The Morgan fingerprint density at radius 1 is 1.13 bits per heavy atom. The highest BCUT2D eigenvalue weighted by molar-refractivity contribution is 6.31. The number of halogens is 3. The molecule has 122 valence electrons. The van der Waals surface area contributed by atoms with Crippen molar-refractivity contribution in [2.24, 2.45) is 5.92 Å². The van der Waals surface area contributed by atoms with Gasteiger partial charge >= 0.3 is 0 Å². The van der Waals surface area contributed by atoms with Gasteiger partial charge in [-0.3, -0.25) is 4.79 Å². The van der Waals surface area contributed by atoms with Gasteiger partial charge in [0.15, 0.2) is 0 Å². The highest BCUT2D eigenvalue weighted by Gasteiger charge is 2.18. The third-order valence-electron chi connectivity index (χ3n) is 3.78. The predicted octanol–water partition coefficient (Wildman–Crippen LogP) is 5.39. The van der Waals surface area contributed by atoms with E-state index in [0.29, 0.717) is 12.1 Å². The van der Waals surface area contributed by atoms with Gasteiger partial charge in [0.05, 0.1) is 5.02 Å². The van der Waals surface area contributed by atoms with E-state index in [1.165, 1.54) is 30.3 Å². The first-order valence-corrected chi connectivity index (χ1v) is 7.76. The van der Waals surface area contributed by atoms with Gasteiger partial charge in [-0.1, -0.05) is 37.6 Å². The average molecular weight is 338 g/mol. The second-order valence-corrected chi connectivity index (χ2v) is 6.11. The fraction of sp³-hybridized carbons (Fsp3) is 0.278. The second kappa shape index (κ2) is 7.55. The van der Waals surface area contributed by atoms with Gasteiger partial charge in [0, 0.05) is 11.6 Å². The van der Waals surface area contributed by atoms with Crippen LogP contribution in [0.1, 0.15) is 31.7 Å². The molecule has 5 heteroatoms. The summed E-state index contributed by atoms with van der Waals surface area (Å²) >= 11 is 5.70. The quantitative estimate of drug-likeness (QED) is 0.779. The molecule has 0 heterocycles. The second-order valence-electron chi connectivity index (χ2n) is 5.71. The molecule has 1 amide bonds. The minimum Gasteiger partial charge on any atom is -0.326 e. The topological polar surface area (TPSA) is 29.1 Å². The number of anilines is 1. The van der Waals surface area contributed by atoms with Crippen LogP contribution in [0.5, 0.6) is 0 Å². The molecule has 0 aliphatic rings. The summed E-state index contributed by atoms with van der Waals surface area (Å²) in [6.45, 7) is 3.81. The summed E-state index contributed by atoms with van der Waals surface area (Å²) in [5.74, 6) is -1.10. The van der Waals surface area contributed by atoms with Crippen LogP contribution in [-0.2, 0) is 4.79 Å². The normalized spacial score (nSPS) is 13.4. The fourth-order valence-corrected chi connectivity index (χ4v) is 2.58. The van der Waals surface area contributed by atoms with Gasteiger partial charge in [0.2, 0.25) is 5.91 Å². The molecule has 1 N–H and O–H groups in total. The SMILES string of the molecule is CC(CC(C)c1ccc(F)cc1)C(=O)Nc1ccc(F)c(Cl)c1. The highest BCUT2D eigenvalue weighted by Crippen LogP contribution is 2.25. The van der Waals surface area contributed by atoms with Crippen molar-refractivity contribution in [3.8, 4) is 0 Å². The standard InChI is InChI=1S/C18H18ClF2NO/c1-11(13-3-5-14(20)6-4-13)9-12(2)18(23)22-15-7-8-17(21)16(19)10-15/h3-8,10-12H,9H2,1-2H3,(H,22,23). The van der Waals surface area contributed by atoms with E-state index >= 15 is 0 Å². The van der Waals surface area contributed by atoms with Crippen LogP contribution >= 0.6 is 11.6 Å². The van der Waals surface area contributed by atoms with Crippen LogP contribution in [0.2, 0.25) is 5.02 Å². The maximum atomic E-state index is 13.1. The van der Waals surface area contributed by atoms with Crippen LogP contribution in [0.3, 0.4) is 0 Å². The highest BCUT2D eigenvalue weighted by atomic mass is 35.5. The van der Waals surface area contributed by atoms with Crippen LogP contribution in [-0.4, -0.2) is 5.91 Å². The Hall–Kier alpha value is -1.94. The monoisotopic (exact) mass is 337 g/mol. The summed E-state index contributed by atoms with van der Waals surface area (Å²) < 4.78 is 26.1. The van der Waals surface area contributed by atoms with Crippen molar-refractivity contribution in [2.75, 3.05) is 5.32 Å². The van der Waals surface area contributed by atoms with Gasteiger partial charge in [0.25, 0.3) is 0 Å². The van der Waals surface area contributed by atoms with Crippen LogP contribution in [0.4, 0.5) is 14.5 Å². The molecule has 2 rings (SSSR count). The number of rotatable bonds is 5. The maximum absolute atomic E-state index is 13.1. The molecule has 2 aromatic carbocycles. The average Bonchev–Trinajstić information content (AvgIpc) is 2.51. The van der Waals surface area contributed by atoms with Gasteiger partial charge in [-0.15, -0.1) is 0 Å². The molecule has 2 aromatic rings. The lowest BCUT2D eigenvalue weighted by molar-refractivity contribution is -0.119. The number of carbonyl (C=O) groups excluding carboxylic acids is 1. The van der Waals surface area contributed by atoms with E-state index in [4.69, 9.17) is 11.6 Å². The van der Waals surface area contributed by atoms with Gasteiger partial charge < -0.3 is 5.32 Å². The van der Waals surface area contributed by atoms with Crippen LogP contribution < -0.4 is 5.32 Å². The first-order valence-electron chi connectivity index (χ1n) is 7.38. The lowest BCUT2D eigenvalue weighted by Crippen LogP contribution is -2.21. The van der Waals surface area contributed by atoms with Crippen molar-refractivity contribution in [3.05, 3.63) is 64.7 Å². The Labute approximate surface area is 139 Å². The number of nitrogens with one attached hydrogen (secondary N) is 1. The molecular formula is C18H18ClF2NO. The smallest absolute Gasteiger partial charge is 0.227 e. The molecule has 2 nitrogen and oxygen atoms in total. The Bertz CT molecular complexity index is 688. The molecule has 0 spiro atoms. The number of benzene rings is 2. The third kappa shape index (κ3) is 4.76. The number of hydrogen-bond donors (Lipinski definition) is 1. The summed E-state index contributed by atoms with van der Waals surface area (Å²) in [4.78, 5) is 12.2. The lowest BCUT2D eigenvalue weighted by Gasteiger charge is -2.17. The molecule has 0 aliphatic heterocycles. The zero-order valence-electron chi connectivity index (χ0n) is 12.9. The maximum Gasteiger partial charge on any atom is 0.227 e. The molecule has 0 aromatic heterocycles. The molecule has 0 radical (unpaired) electrons. The first kappa shape index (κ1) is 17.4. The van der Waals surface area contributed by atoms with E-state index in [9.17, 15) is 13.6 Å². The minimum absolute atomic E-state index is 0.0323. The fourth-order valence-electron chi connectivity index (χ4n) is 2.40. The predicted molar refractivity (Wildman–Crippen MR) is 88.6 cm³/mol. The molecule has 0 fully saturated rings. The third-order valence-corrected chi connectivity index (χ3v) is 4.07. The number of amides is 1.